The predicted molar refractivity (Wildman–Crippen MR) is 77.5 cm³/mol. The first kappa shape index (κ1) is 14.9. The van der Waals surface area contributed by atoms with Gasteiger partial charge in [0.1, 0.15) is 0 Å². The molecule has 1 heterocycles. The van der Waals surface area contributed by atoms with E-state index in [1.54, 1.807) is 4.90 Å². The van der Waals surface area contributed by atoms with Crippen molar-refractivity contribution < 1.29 is 4.42 Å². The number of hydrogen-bond acceptors (Lipinski definition) is 5. The molecule has 0 unspecified atom stereocenters. The molecule has 18 heavy (non-hydrogen) atoms. The van der Waals surface area contributed by atoms with Crippen LogP contribution in [0.25, 0.3) is 5.70 Å². The fraction of sp³-hybridized carbons (Fsp3) is 0.455. The normalized spacial score (nSPS) is 11.6. The molecule has 0 aliphatic carbocycles. The number of oxazole rings is 1. The molecule has 2 N–H and O–H groups in total. The van der Waals surface area contributed by atoms with Gasteiger partial charge in [-0.25, -0.2) is 4.98 Å². The lowest BCUT2D eigenvalue weighted by molar-refractivity contribution is 0.526. The lowest BCUT2D eigenvalue weighted by atomic mass is 10.3. The topological polar surface area (TPSA) is 67.7 Å². The number of rotatable bonds is 5. The molecule has 0 aromatic carbocycles. The maximum absolute atomic E-state index is 5.63. The third-order valence-electron chi connectivity index (χ3n) is 2.32. The van der Waals surface area contributed by atoms with Crippen molar-refractivity contribution >= 4 is 34.2 Å². The minimum absolute atomic E-state index is 0.622. The minimum atomic E-state index is 0.622. The number of hydrazone groups is 1. The van der Waals surface area contributed by atoms with E-state index in [1.165, 1.54) is 18.2 Å². The van der Waals surface area contributed by atoms with Crippen LogP contribution in [-0.4, -0.2) is 33.7 Å². The van der Waals surface area contributed by atoms with E-state index in [0.717, 1.165) is 17.9 Å². The van der Waals surface area contributed by atoms with Gasteiger partial charge in [-0.05, 0) is 13.3 Å². The van der Waals surface area contributed by atoms with E-state index in [-0.39, 0.29) is 0 Å². The zero-order valence-electron chi connectivity index (χ0n) is 10.5. The van der Waals surface area contributed by atoms with Crippen LogP contribution in [0.2, 0.25) is 0 Å². The number of aryl methyl sites for hydroxylation is 1. The molecular weight excluding hydrogens is 272 g/mol. The van der Waals surface area contributed by atoms with Gasteiger partial charge in [0.05, 0.1) is 11.4 Å². The van der Waals surface area contributed by atoms with Crippen LogP contribution in [0.5, 0.6) is 0 Å². The summed E-state index contributed by atoms with van der Waals surface area (Å²) in [6, 6.07) is 0. The van der Waals surface area contributed by atoms with Crippen LogP contribution in [0.3, 0.4) is 0 Å². The van der Waals surface area contributed by atoms with Crippen molar-refractivity contribution in [1.29, 1.82) is 0 Å². The average molecular weight is 289 g/mol. The Balaban J connectivity index is 2.70. The SMILES string of the molecule is C=C(c1ocnc1C)N(C)/C(=N\N)SCCCCl. The number of nitrogens with zero attached hydrogens (tertiary/aromatic N) is 3. The van der Waals surface area contributed by atoms with Crippen molar-refractivity contribution in [3.8, 4) is 0 Å². The highest BCUT2D eigenvalue weighted by Gasteiger charge is 2.16. The molecule has 0 saturated heterocycles. The average Bonchev–Trinajstić information content (AvgIpc) is 2.79. The molecule has 5 nitrogen and oxygen atoms in total. The summed E-state index contributed by atoms with van der Waals surface area (Å²) in [6.07, 6.45) is 2.29. The van der Waals surface area contributed by atoms with Crippen molar-refractivity contribution in [1.82, 2.24) is 9.88 Å². The van der Waals surface area contributed by atoms with E-state index < -0.39 is 0 Å². The van der Waals surface area contributed by atoms with E-state index in [9.17, 15) is 0 Å². The van der Waals surface area contributed by atoms with Crippen LogP contribution in [0.15, 0.2) is 22.5 Å². The summed E-state index contributed by atoms with van der Waals surface area (Å²) in [4.78, 5) is 5.82. The maximum atomic E-state index is 5.63. The Labute approximate surface area is 116 Å². The van der Waals surface area contributed by atoms with Crippen LogP contribution in [0, 0.1) is 6.92 Å². The number of nitrogens with two attached hydrogens (primary N) is 1. The van der Waals surface area contributed by atoms with Gasteiger partial charge in [0.25, 0.3) is 0 Å². The highest BCUT2D eigenvalue weighted by Crippen LogP contribution is 2.22. The minimum Gasteiger partial charge on any atom is -0.442 e. The van der Waals surface area contributed by atoms with Gasteiger partial charge in [-0.2, -0.15) is 5.10 Å². The molecule has 1 aromatic heterocycles. The van der Waals surface area contributed by atoms with Crippen LogP contribution in [0.1, 0.15) is 17.9 Å². The molecule has 0 bridgehead atoms. The van der Waals surface area contributed by atoms with Gasteiger partial charge in [0.2, 0.25) is 0 Å². The zero-order valence-corrected chi connectivity index (χ0v) is 12.1. The van der Waals surface area contributed by atoms with E-state index in [2.05, 4.69) is 16.7 Å². The van der Waals surface area contributed by atoms with Gasteiger partial charge in [0.15, 0.2) is 17.3 Å². The standard InChI is InChI=1S/C11H17ClN4OS/c1-8-10(17-7-14-8)9(2)16(3)11(15-13)18-6-4-5-12/h7H,2,4-6,13H2,1,3H3/b15-11+. The van der Waals surface area contributed by atoms with Gasteiger partial charge >= 0.3 is 0 Å². The molecule has 0 saturated carbocycles. The number of thioether (sulfide) groups is 1. The summed E-state index contributed by atoms with van der Waals surface area (Å²) in [7, 11) is 1.84. The van der Waals surface area contributed by atoms with Crippen molar-refractivity contribution in [3.63, 3.8) is 0 Å². The Morgan fingerprint density at radius 3 is 2.94 bits per heavy atom. The quantitative estimate of drug-likeness (QED) is 0.225. The Bertz CT molecular complexity index is 432. The molecule has 1 aromatic rings. The number of hydrogen-bond donors (Lipinski definition) is 1. The molecule has 0 radical (unpaired) electrons. The molecule has 0 fully saturated rings. The van der Waals surface area contributed by atoms with Crippen LogP contribution in [0.4, 0.5) is 0 Å². The van der Waals surface area contributed by atoms with E-state index in [1.807, 2.05) is 14.0 Å². The Kier molecular flexibility index (Phi) is 6.07. The smallest absolute Gasteiger partial charge is 0.186 e. The second-order valence-corrected chi connectivity index (χ2v) is 5.02. The maximum Gasteiger partial charge on any atom is 0.186 e. The molecule has 100 valence electrons. The fourth-order valence-electron chi connectivity index (χ4n) is 1.29. The first-order valence-electron chi connectivity index (χ1n) is 5.41. The van der Waals surface area contributed by atoms with Gasteiger partial charge < -0.3 is 15.2 Å². The van der Waals surface area contributed by atoms with Crippen LogP contribution < -0.4 is 5.84 Å². The molecule has 1 rings (SSSR count). The van der Waals surface area contributed by atoms with Crippen molar-refractivity contribution in [2.45, 2.75) is 13.3 Å². The molecular formula is C11H17ClN4OS. The van der Waals surface area contributed by atoms with Gasteiger partial charge in [-0.1, -0.05) is 18.3 Å². The summed E-state index contributed by atoms with van der Waals surface area (Å²) >= 11 is 7.16. The van der Waals surface area contributed by atoms with Crippen molar-refractivity contribution in [2.24, 2.45) is 10.9 Å². The van der Waals surface area contributed by atoms with Crippen molar-refractivity contribution in [2.75, 3.05) is 18.7 Å². The molecule has 0 aliphatic rings. The number of halogens is 1. The van der Waals surface area contributed by atoms with Gasteiger partial charge in [0, 0.05) is 18.7 Å². The molecule has 0 spiro atoms. The number of amidine groups is 1. The first-order valence-corrected chi connectivity index (χ1v) is 6.93. The van der Waals surface area contributed by atoms with Crippen molar-refractivity contribution in [3.05, 3.63) is 24.4 Å². The van der Waals surface area contributed by atoms with Crippen LogP contribution in [-0.2, 0) is 0 Å². The highest BCUT2D eigenvalue weighted by atomic mass is 35.5. The predicted octanol–water partition coefficient (Wildman–Crippen LogP) is 2.48. The largest absolute Gasteiger partial charge is 0.442 e. The Hall–Kier alpha value is -1.14. The Morgan fingerprint density at radius 1 is 1.72 bits per heavy atom. The summed E-state index contributed by atoms with van der Waals surface area (Å²) in [5.74, 6) is 7.50. The second-order valence-electron chi connectivity index (χ2n) is 3.58. The molecule has 0 amide bonds. The summed E-state index contributed by atoms with van der Waals surface area (Å²) < 4.78 is 5.29. The Morgan fingerprint density at radius 2 is 2.44 bits per heavy atom. The van der Waals surface area contributed by atoms with E-state index in [0.29, 0.717) is 22.5 Å². The third kappa shape index (κ3) is 3.68. The summed E-state index contributed by atoms with van der Waals surface area (Å²) in [5, 5.41) is 4.43. The fourth-order valence-corrected chi connectivity index (χ4v) is 2.43. The van der Waals surface area contributed by atoms with Gasteiger partial charge in [-0.15, -0.1) is 11.6 Å². The summed E-state index contributed by atoms with van der Waals surface area (Å²) in [6.45, 7) is 5.83. The lowest BCUT2D eigenvalue weighted by Crippen LogP contribution is -2.24. The van der Waals surface area contributed by atoms with Crippen LogP contribution >= 0.6 is 23.4 Å². The molecule has 0 aliphatic heterocycles. The molecule has 0 atom stereocenters. The highest BCUT2D eigenvalue weighted by molar-refractivity contribution is 8.13. The second kappa shape index (κ2) is 7.33. The summed E-state index contributed by atoms with van der Waals surface area (Å²) in [5.41, 5.74) is 1.46. The number of aromatic nitrogens is 1. The number of alkyl halides is 1. The zero-order chi connectivity index (χ0) is 13.5. The van der Waals surface area contributed by atoms with E-state index >= 15 is 0 Å². The lowest BCUT2D eigenvalue weighted by Gasteiger charge is -2.20. The molecule has 7 heteroatoms. The monoisotopic (exact) mass is 288 g/mol. The first-order chi connectivity index (χ1) is 8.61. The van der Waals surface area contributed by atoms with E-state index in [4.69, 9.17) is 21.9 Å². The third-order valence-corrected chi connectivity index (χ3v) is 3.72. The van der Waals surface area contributed by atoms with Gasteiger partial charge in [-0.3, -0.25) is 0 Å².